The maximum absolute atomic E-state index is 12.8. The molecule has 7 heterocycles. The molecule has 2 fully saturated rings. The number of carbonyl (C=O) groups is 2. The lowest BCUT2D eigenvalue weighted by Crippen LogP contribution is -2.46. The van der Waals surface area contributed by atoms with Crippen LogP contribution in [0.1, 0.15) is 31.6 Å². The number of amides is 1. The van der Waals surface area contributed by atoms with Crippen molar-refractivity contribution in [2.45, 2.75) is 44.4 Å². The number of nitrogens with zero attached hydrogens (tertiary/aromatic N) is 6. The number of benzene rings is 1. The van der Waals surface area contributed by atoms with E-state index in [2.05, 4.69) is 25.1 Å². The number of ether oxygens (including phenoxy) is 3. The van der Waals surface area contributed by atoms with E-state index in [4.69, 9.17) is 28.6 Å². The summed E-state index contributed by atoms with van der Waals surface area (Å²) >= 11 is 0. The number of carboxylic acids is 1. The smallest absolute Gasteiger partial charge is 0.409 e. The fourth-order valence-corrected chi connectivity index (χ4v) is 6.57. The van der Waals surface area contributed by atoms with Gasteiger partial charge in [0.25, 0.3) is 6.01 Å². The molecule has 44 heavy (non-hydrogen) atoms. The van der Waals surface area contributed by atoms with Gasteiger partial charge in [-0.05, 0) is 24.5 Å². The van der Waals surface area contributed by atoms with E-state index < -0.39 is 18.1 Å². The predicted molar refractivity (Wildman–Crippen MR) is 160 cm³/mol. The number of piperidine rings is 1. The highest BCUT2D eigenvalue weighted by Gasteiger charge is 2.42. The van der Waals surface area contributed by atoms with E-state index in [0.717, 1.165) is 5.39 Å². The number of hydrogen-bond acceptors (Lipinski definition) is 10. The van der Waals surface area contributed by atoms with Crippen molar-refractivity contribution in [3.8, 4) is 6.01 Å². The number of hydrogen-bond donors (Lipinski definition) is 1. The van der Waals surface area contributed by atoms with E-state index in [9.17, 15) is 14.7 Å². The molecule has 0 radical (unpaired) electrons. The second-order valence-electron chi connectivity index (χ2n) is 11.6. The molecule has 1 N–H and O–H groups in total. The first-order valence-corrected chi connectivity index (χ1v) is 14.9. The SMILES string of the molecule is C=c1nc2n(c1=C)[C@H]1CCN(C[C@@H]1C)C(=O)OCCOCCc1nc(c3oc4ccccc4c3n1)N1C[C@H](C[C@H]1C(=O)O)O2. The third-order valence-electron chi connectivity index (χ3n) is 8.77. The molecule has 0 saturated carbocycles. The zero-order valence-corrected chi connectivity index (χ0v) is 24.5. The fourth-order valence-electron chi connectivity index (χ4n) is 6.57. The Hall–Kier alpha value is -4.65. The van der Waals surface area contributed by atoms with E-state index in [0.29, 0.717) is 71.0 Å². The average Bonchev–Trinajstić information content (AvgIpc) is 3.68. The maximum atomic E-state index is 12.8. The fraction of sp³-hybridized carbons (Fsp3) is 0.452. The van der Waals surface area contributed by atoms with Gasteiger partial charge in [0.15, 0.2) is 11.4 Å². The summed E-state index contributed by atoms with van der Waals surface area (Å²) in [5, 5.41) is 12.2. The molecule has 6 bridgehead atoms. The molecule has 0 aliphatic carbocycles. The van der Waals surface area contributed by atoms with Crippen LogP contribution in [0.25, 0.3) is 35.2 Å². The van der Waals surface area contributed by atoms with Crippen LogP contribution in [0.2, 0.25) is 0 Å². The summed E-state index contributed by atoms with van der Waals surface area (Å²) in [4.78, 5) is 43.0. The first kappa shape index (κ1) is 28.1. The number of fused-ring (bicyclic) bond motifs is 11. The van der Waals surface area contributed by atoms with E-state index in [1.807, 2.05) is 28.8 Å². The van der Waals surface area contributed by atoms with Crippen molar-refractivity contribution < 1.29 is 33.3 Å². The van der Waals surface area contributed by atoms with Crippen LogP contribution in [0, 0.1) is 5.92 Å². The van der Waals surface area contributed by atoms with Crippen LogP contribution in [0.4, 0.5) is 10.6 Å². The third-order valence-corrected chi connectivity index (χ3v) is 8.77. The summed E-state index contributed by atoms with van der Waals surface area (Å²) in [6.45, 7) is 12.2. The van der Waals surface area contributed by atoms with E-state index in [1.165, 1.54) is 0 Å². The first-order valence-electron chi connectivity index (χ1n) is 14.9. The number of carboxylic acid groups (broad SMARTS) is 1. The molecule has 2 saturated heterocycles. The van der Waals surface area contributed by atoms with Crippen molar-refractivity contribution >= 4 is 53.1 Å². The topological polar surface area (TPSA) is 145 Å². The van der Waals surface area contributed by atoms with Crippen molar-refractivity contribution in [2.75, 3.05) is 44.4 Å². The van der Waals surface area contributed by atoms with Crippen molar-refractivity contribution in [1.29, 1.82) is 0 Å². The normalized spacial score (nSPS) is 24.7. The highest BCUT2D eigenvalue weighted by molar-refractivity contribution is 6.06. The molecule has 0 unspecified atom stereocenters. The van der Waals surface area contributed by atoms with Crippen molar-refractivity contribution in [3.05, 3.63) is 40.8 Å². The van der Waals surface area contributed by atoms with Crippen molar-refractivity contribution in [3.63, 3.8) is 0 Å². The van der Waals surface area contributed by atoms with Gasteiger partial charge in [-0.15, -0.1) is 0 Å². The van der Waals surface area contributed by atoms with Crippen LogP contribution in [-0.4, -0.2) is 93.2 Å². The van der Waals surface area contributed by atoms with Crippen molar-refractivity contribution in [1.82, 2.24) is 24.4 Å². The second-order valence-corrected chi connectivity index (χ2v) is 11.6. The van der Waals surface area contributed by atoms with Gasteiger partial charge in [0.05, 0.1) is 30.5 Å². The van der Waals surface area contributed by atoms with Gasteiger partial charge in [0.1, 0.15) is 35.7 Å². The largest absolute Gasteiger partial charge is 0.480 e. The monoisotopic (exact) mass is 602 g/mol. The Balaban J connectivity index is 1.31. The number of para-hydroxylation sites is 1. The summed E-state index contributed by atoms with van der Waals surface area (Å²) in [7, 11) is 0. The molecule has 230 valence electrons. The molecule has 0 spiro atoms. The zero-order chi connectivity index (χ0) is 30.5. The van der Waals surface area contributed by atoms with Gasteiger partial charge >= 0.3 is 12.1 Å². The molecular weight excluding hydrogens is 568 g/mol. The third kappa shape index (κ3) is 4.90. The molecule has 13 nitrogen and oxygen atoms in total. The zero-order valence-electron chi connectivity index (χ0n) is 24.5. The number of imidazole rings is 1. The summed E-state index contributed by atoms with van der Waals surface area (Å²) < 4.78 is 25.9. The molecule has 1 aromatic carbocycles. The van der Waals surface area contributed by atoms with Crippen molar-refractivity contribution in [2.24, 2.45) is 5.92 Å². The van der Waals surface area contributed by atoms with Gasteiger partial charge in [0.2, 0.25) is 0 Å². The van der Waals surface area contributed by atoms with E-state index >= 15 is 0 Å². The molecule has 4 aliphatic heterocycles. The van der Waals surface area contributed by atoms with Gasteiger partial charge in [-0.3, -0.25) is 4.57 Å². The van der Waals surface area contributed by atoms with Crippen LogP contribution >= 0.6 is 0 Å². The average molecular weight is 603 g/mol. The molecular formula is C31H34N6O7. The van der Waals surface area contributed by atoms with Crippen LogP contribution in [0.15, 0.2) is 28.7 Å². The Kier molecular flexibility index (Phi) is 7.11. The molecule has 4 aromatic rings. The molecule has 4 atom stereocenters. The Labute approximate surface area is 252 Å². The quantitative estimate of drug-likeness (QED) is 0.342. The molecule has 13 heteroatoms. The number of anilines is 1. The van der Waals surface area contributed by atoms with Gasteiger partial charge in [-0.25, -0.2) is 19.6 Å². The van der Waals surface area contributed by atoms with E-state index in [1.54, 1.807) is 9.80 Å². The molecule has 3 aromatic heterocycles. The predicted octanol–water partition coefficient (Wildman–Crippen LogP) is 2.10. The standard InChI is InChI=1S/C31H34N6O7/c1-17-15-35-10-8-22(17)37-19(3)18(2)32-30(37)43-20-14-23(29(38)39)36(16-20)28-27-26(21-6-4-5-7-24(21)44-27)33-25(34-28)9-11-41-12-13-42-31(35)40/h4-7,17,20,22-23H,2-3,8-16H2,1H3,(H,38,39)/t17-,20-,22-,23-/m0/s1. The van der Waals surface area contributed by atoms with Gasteiger partial charge in [-0.1, -0.05) is 32.2 Å². The lowest BCUT2D eigenvalue weighted by Gasteiger charge is -2.37. The Bertz CT molecular complexity index is 1850. The van der Waals surface area contributed by atoms with E-state index in [-0.39, 0.29) is 50.8 Å². The minimum Gasteiger partial charge on any atom is -0.480 e. The summed E-state index contributed by atoms with van der Waals surface area (Å²) in [6.07, 6.45) is 0.310. The van der Waals surface area contributed by atoms with Crippen LogP contribution in [0.5, 0.6) is 6.01 Å². The summed E-state index contributed by atoms with van der Waals surface area (Å²) in [5.41, 5.74) is 1.65. The lowest BCUT2D eigenvalue weighted by molar-refractivity contribution is -0.138. The Morgan fingerprint density at radius 1 is 1.09 bits per heavy atom. The number of aliphatic carboxylic acids is 1. The Morgan fingerprint density at radius 2 is 1.93 bits per heavy atom. The van der Waals surface area contributed by atoms with Crippen LogP contribution < -0.4 is 20.3 Å². The summed E-state index contributed by atoms with van der Waals surface area (Å²) in [5.74, 6) is -0.0763. The Morgan fingerprint density at radius 3 is 2.75 bits per heavy atom. The van der Waals surface area contributed by atoms with Gasteiger partial charge < -0.3 is 33.5 Å². The van der Waals surface area contributed by atoms with Gasteiger partial charge in [-0.2, -0.15) is 4.98 Å². The van der Waals surface area contributed by atoms with Crippen LogP contribution in [0.3, 0.4) is 0 Å². The summed E-state index contributed by atoms with van der Waals surface area (Å²) in [6, 6.07) is 6.90. The lowest BCUT2D eigenvalue weighted by atomic mass is 9.94. The first-order chi connectivity index (χ1) is 21.3. The number of furan rings is 1. The second kappa shape index (κ2) is 11.1. The highest BCUT2D eigenvalue weighted by atomic mass is 16.6. The number of aromatic nitrogens is 4. The molecule has 1 amide bonds. The maximum Gasteiger partial charge on any atom is 0.409 e. The molecule has 8 rings (SSSR count). The number of rotatable bonds is 1. The van der Waals surface area contributed by atoms with Crippen LogP contribution in [-0.2, 0) is 20.7 Å². The highest BCUT2D eigenvalue weighted by Crippen LogP contribution is 2.37. The molecule has 4 aliphatic rings. The van der Waals surface area contributed by atoms with Gasteiger partial charge in [0, 0.05) is 37.4 Å². The number of carbonyl (C=O) groups excluding carboxylic acids is 1. The minimum absolute atomic E-state index is 0.0437. The minimum atomic E-state index is -0.994.